The Bertz CT molecular complexity index is 2790. The second-order valence-corrected chi connectivity index (χ2v) is 17.8. The van der Waals surface area contributed by atoms with Crippen LogP contribution in [0, 0.1) is 0 Å². The molecule has 2 fully saturated rings. The van der Waals surface area contributed by atoms with E-state index in [4.69, 9.17) is 0 Å². The zero-order chi connectivity index (χ0) is 38.1. The van der Waals surface area contributed by atoms with Crippen LogP contribution in [0.2, 0.25) is 0 Å². The smallest absolute Gasteiger partial charge is 0.0543 e. The second-order valence-electron chi connectivity index (χ2n) is 17.8. The van der Waals surface area contributed by atoms with Gasteiger partial charge in [0.15, 0.2) is 0 Å². The third-order valence-corrected chi connectivity index (χ3v) is 14.1. The Labute approximate surface area is 337 Å². The third-order valence-electron chi connectivity index (χ3n) is 14.1. The molecule has 3 aliphatic carbocycles. The Morgan fingerprint density at radius 1 is 0.474 bits per heavy atom. The minimum absolute atomic E-state index is 0.0983. The number of benzene rings is 7. The Morgan fingerprint density at radius 3 is 1.86 bits per heavy atom. The highest BCUT2D eigenvalue weighted by Gasteiger charge is 2.37. The Morgan fingerprint density at radius 2 is 1.09 bits per heavy atom. The summed E-state index contributed by atoms with van der Waals surface area (Å²) >= 11 is 0. The largest absolute Gasteiger partial charge is 0.310 e. The van der Waals surface area contributed by atoms with E-state index in [-0.39, 0.29) is 5.41 Å². The molecular formula is C55H52N2. The molecule has 11 rings (SSSR count). The molecule has 0 aliphatic heterocycles. The highest BCUT2D eigenvalue weighted by Crippen LogP contribution is 2.52. The maximum Gasteiger partial charge on any atom is 0.0543 e. The molecule has 1 aromatic heterocycles. The van der Waals surface area contributed by atoms with E-state index in [0.717, 1.165) is 0 Å². The zero-order valence-corrected chi connectivity index (χ0v) is 33.5. The molecule has 0 spiro atoms. The fourth-order valence-electron chi connectivity index (χ4n) is 11.1. The predicted molar refractivity (Wildman–Crippen MR) is 242 cm³/mol. The average Bonchev–Trinajstić information content (AvgIpc) is 3.71. The van der Waals surface area contributed by atoms with Crippen molar-refractivity contribution in [2.45, 2.75) is 95.3 Å². The molecule has 0 bridgehead atoms. The van der Waals surface area contributed by atoms with Crippen LogP contribution in [0.5, 0.6) is 0 Å². The number of aromatic nitrogens is 1. The van der Waals surface area contributed by atoms with E-state index in [1.165, 1.54) is 147 Å². The maximum absolute atomic E-state index is 2.57. The summed E-state index contributed by atoms with van der Waals surface area (Å²) in [6.07, 6.45) is 13.4. The van der Waals surface area contributed by atoms with Gasteiger partial charge in [0, 0.05) is 38.6 Å². The van der Waals surface area contributed by atoms with Gasteiger partial charge in [-0.2, -0.15) is 0 Å². The molecule has 1 heterocycles. The quantitative estimate of drug-likeness (QED) is 0.165. The first kappa shape index (κ1) is 34.6. The van der Waals surface area contributed by atoms with E-state index < -0.39 is 0 Å². The van der Waals surface area contributed by atoms with E-state index in [2.05, 4.69) is 169 Å². The van der Waals surface area contributed by atoms with E-state index >= 15 is 0 Å². The molecule has 282 valence electrons. The molecule has 0 amide bonds. The highest BCUT2D eigenvalue weighted by atomic mass is 15.1. The van der Waals surface area contributed by atoms with Crippen LogP contribution in [0.4, 0.5) is 17.1 Å². The van der Waals surface area contributed by atoms with Crippen LogP contribution in [0.3, 0.4) is 0 Å². The van der Waals surface area contributed by atoms with Crippen LogP contribution in [0.15, 0.2) is 146 Å². The number of fused-ring (bicyclic) bond motifs is 7. The van der Waals surface area contributed by atoms with Crippen LogP contribution in [-0.2, 0) is 5.41 Å². The van der Waals surface area contributed by atoms with Crippen LogP contribution in [0.25, 0.3) is 49.4 Å². The van der Waals surface area contributed by atoms with Crippen molar-refractivity contribution >= 4 is 49.6 Å². The van der Waals surface area contributed by atoms with Crippen molar-refractivity contribution in [3.05, 3.63) is 168 Å². The molecule has 8 aromatic rings. The molecule has 0 atom stereocenters. The van der Waals surface area contributed by atoms with Crippen LogP contribution in [-0.4, -0.2) is 4.57 Å². The van der Waals surface area contributed by atoms with E-state index in [9.17, 15) is 0 Å². The normalized spacial score (nSPS) is 16.9. The van der Waals surface area contributed by atoms with E-state index in [0.29, 0.717) is 11.8 Å². The van der Waals surface area contributed by atoms with Gasteiger partial charge >= 0.3 is 0 Å². The van der Waals surface area contributed by atoms with Crippen molar-refractivity contribution in [3.8, 4) is 16.8 Å². The standard InChI is InChI=1S/C55H52N2/c1-55(2)50-33-40(37-15-6-3-7-16-37)25-29-46(50)47-31-27-44(36-51(47)55)56(52-24-14-20-39-19-12-13-23-45(39)52)43-28-32-53-49(35-43)48-30-26-41(38-17-8-4-9-18-38)34-54(48)57(53)42-21-10-5-11-22-42/h5,10-14,19-38H,3-4,6-9,15-18H2,1-2H3. The molecular weight excluding hydrogens is 689 g/mol. The molecule has 2 heteroatoms. The van der Waals surface area contributed by atoms with Crippen molar-refractivity contribution in [2.24, 2.45) is 0 Å². The first-order chi connectivity index (χ1) is 28.0. The monoisotopic (exact) mass is 740 g/mol. The number of hydrogen-bond donors (Lipinski definition) is 0. The van der Waals surface area contributed by atoms with Gasteiger partial charge in [0.1, 0.15) is 0 Å². The molecule has 0 unspecified atom stereocenters. The van der Waals surface area contributed by atoms with Crippen molar-refractivity contribution in [1.82, 2.24) is 4.57 Å². The molecule has 2 saturated carbocycles. The summed E-state index contributed by atoms with van der Waals surface area (Å²) in [5, 5.41) is 5.11. The lowest BCUT2D eigenvalue weighted by molar-refractivity contribution is 0.443. The zero-order valence-electron chi connectivity index (χ0n) is 33.5. The van der Waals surface area contributed by atoms with Crippen LogP contribution in [0.1, 0.15) is 112 Å². The van der Waals surface area contributed by atoms with Crippen molar-refractivity contribution in [2.75, 3.05) is 4.90 Å². The van der Waals surface area contributed by atoms with Gasteiger partial charge in [-0.05, 0) is 131 Å². The second kappa shape index (κ2) is 13.8. The van der Waals surface area contributed by atoms with E-state index in [1.807, 2.05) is 0 Å². The van der Waals surface area contributed by atoms with Crippen LogP contribution < -0.4 is 4.90 Å². The summed E-state index contributed by atoms with van der Waals surface area (Å²) < 4.78 is 2.50. The summed E-state index contributed by atoms with van der Waals surface area (Å²) in [5.41, 5.74) is 16.0. The van der Waals surface area contributed by atoms with Gasteiger partial charge in [0.05, 0.1) is 16.7 Å². The number of rotatable bonds is 6. The lowest BCUT2D eigenvalue weighted by Gasteiger charge is -2.29. The summed E-state index contributed by atoms with van der Waals surface area (Å²) in [7, 11) is 0. The number of nitrogens with zero attached hydrogens (tertiary/aromatic N) is 2. The fourth-order valence-corrected chi connectivity index (χ4v) is 11.1. The molecule has 0 radical (unpaired) electrons. The van der Waals surface area contributed by atoms with Gasteiger partial charge in [-0.1, -0.05) is 143 Å². The molecule has 7 aromatic carbocycles. The minimum Gasteiger partial charge on any atom is -0.310 e. The fraction of sp³-hybridized carbons (Fsp3) is 0.273. The van der Waals surface area contributed by atoms with Gasteiger partial charge in [-0.25, -0.2) is 0 Å². The summed E-state index contributed by atoms with van der Waals surface area (Å²) in [6, 6.07) is 55.9. The first-order valence-electron chi connectivity index (χ1n) is 21.7. The van der Waals surface area contributed by atoms with Gasteiger partial charge in [-0.3, -0.25) is 0 Å². The van der Waals surface area contributed by atoms with Gasteiger partial charge in [-0.15, -0.1) is 0 Å². The van der Waals surface area contributed by atoms with Crippen molar-refractivity contribution in [1.29, 1.82) is 0 Å². The number of anilines is 3. The Balaban J connectivity index is 1.09. The topological polar surface area (TPSA) is 8.17 Å². The van der Waals surface area contributed by atoms with Crippen molar-refractivity contribution < 1.29 is 0 Å². The number of hydrogen-bond acceptors (Lipinski definition) is 1. The SMILES string of the molecule is CC1(C)c2cc(C3CCCCC3)ccc2-c2ccc(N(c3ccc4c(c3)c3ccc(C5CCCCC5)cc3n4-c3ccccc3)c3cccc4ccccc34)cc21. The number of para-hydroxylation sites is 1. The van der Waals surface area contributed by atoms with E-state index in [1.54, 1.807) is 5.56 Å². The summed E-state index contributed by atoms with van der Waals surface area (Å²) in [4.78, 5) is 2.52. The highest BCUT2D eigenvalue weighted by molar-refractivity contribution is 6.11. The van der Waals surface area contributed by atoms with Crippen molar-refractivity contribution in [3.63, 3.8) is 0 Å². The summed E-state index contributed by atoms with van der Waals surface area (Å²) in [6.45, 7) is 4.89. The average molecular weight is 741 g/mol. The molecule has 3 aliphatic rings. The van der Waals surface area contributed by atoms with Gasteiger partial charge in [0.25, 0.3) is 0 Å². The maximum atomic E-state index is 2.57. The summed E-state index contributed by atoms with van der Waals surface area (Å²) in [5.74, 6) is 1.35. The minimum atomic E-state index is -0.0983. The lowest BCUT2D eigenvalue weighted by Crippen LogP contribution is -2.17. The molecule has 0 saturated heterocycles. The van der Waals surface area contributed by atoms with Gasteiger partial charge in [0.2, 0.25) is 0 Å². The van der Waals surface area contributed by atoms with Gasteiger partial charge < -0.3 is 9.47 Å². The molecule has 2 nitrogen and oxygen atoms in total. The predicted octanol–water partition coefficient (Wildman–Crippen LogP) is 15.8. The third kappa shape index (κ3) is 5.74. The molecule has 57 heavy (non-hydrogen) atoms. The Kier molecular flexibility index (Phi) is 8.39. The lowest BCUT2D eigenvalue weighted by atomic mass is 9.79. The van der Waals surface area contributed by atoms with Crippen LogP contribution >= 0.6 is 0 Å². The molecule has 0 N–H and O–H groups in total. The Hall–Kier alpha value is -5.60. The first-order valence-corrected chi connectivity index (χ1v) is 21.7.